The van der Waals surface area contributed by atoms with Crippen LogP contribution in [0.5, 0.6) is 0 Å². The number of ketones is 2. The van der Waals surface area contributed by atoms with Crippen LogP contribution in [0.1, 0.15) is 46.5 Å². The third kappa shape index (κ3) is 1.86. The van der Waals surface area contributed by atoms with E-state index < -0.39 is 0 Å². The fraction of sp³-hybridized carbons (Fsp3) is 0.700. The van der Waals surface area contributed by atoms with Crippen molar-refractivity contribution >= 4 is 11.6 Å². The molecule has 4 aliphatic rings. The number of aliphatic hydroxyl groups is 1. The normalized spacial score (nSPS) is 51.8. The Morgan fingerprint density at radius 2 is 2.00 bits per heavy atom. The summed E-state index contributed by atoms with van der Waals surface area (Å²) < 4.78 is 0. The quantitative estimate of drug-likeness (QED) is 0.747. The number of allylic oxidation sites excluding steroid dienone is 4. The number of fused-ring (bicyclic) bond motifs is 5. The molecule has 3 fully saturated rings. The van der Waals surface area contributed by atoms with Crippen LogP contribution >= 0.6 is 0 Å². The number of Topliss-reactive ketones (excluding diaryl/α,β-unsaturated/α-hetero) is 1. The summed E-state index contributed by atoms with van der Waals surface area (Å²) in [5.74, 6) is 1.33. The summed E-state index contributed by atoms with van der Waals surface area (Å²) in [5, 5.41) is 10.7. The highest BCUT2D eigenvalue weighted by atomic mass is 16.3. The van der Waals surface area contributed by atoms with Crippen LogP contribution in [0.3, 0.4) is 0 Å². The molecule has 7 atom stereocenters. The van der Waals surface area contributed by atoms with Crippen molar-refractivity contribution in [1.82, 2.24) is 0 Å². The summed E-state index contributed by atoms with van der Waals surface area (Å²) in [5.41, 5.74) is 0.574. The minimum atomic E-state index is -0.370. The Labute approximate surface area is 137 Å². The molecule has 23 heavy (non-hydrogen) atoms. The molecule has 4 rings (SSSR count). The van der Waals surface area contributed by atoms with Crippen LogP contribution in [0.15, 0.2) is 23.8 Å². The Morgan fingerprint density at radius 3 is 2.74 bits per heavy atom. The fourth-order valence-corrected chi connectivity index (χ4v) is 6.38. The monoisotopic (exact) mass is 314 g/mol. The predicted octanol–water partition coefficient (Wildman–Crippen LogP) is 3.08. The van der Waals surface area contributed by atoms with Crippen LogP contribution in [-0.2, 0) is 9.59 Å². The third-order valence-corrected chi connectivity index (χ3v) is 7.53. The second kappa shape index (κ2) is 4.66. The van der Waals surface area contributed by atoms with E-state index in [0.717, 1.165) is 24.8 Å². The summed E-state index contributed by atoms with van der Waals surface area (Å²) in [6, 6.07) is 0. The number of rotatable bonds is 0. The highest BCUT2D eigenvalue weighted by Gasteiger charge is 2.62. The smallest absolute Gasteiger partial charge is 0.178 e. The lowest BCUT2D eigenvalue weighted by atomic mass is 9.48. The first-order valence-corrected chi connectivity index (χ1v) is 8.92. The molecule has 0 heterocycles. The molecule has 0 saturated heterocycles. The average Bonchev–Trinajstić information content (AvgIpc) is 2.71. The van der Waals surface area contributed by atoms with Crippen LogP contribution in [0.25, 0.3) is 0 Å². The lowest BCUT2D eigenvalue weighted by Crippen LogP contribution is -2.55. The van der Waals surface area contributed by atoms with E-state index in [9.17, 15) is 14.7 Å². The van der Waals surface area contributed by atoms with E-state index in [-0.39, 0.29) is 40.3 Å². The van der Waals surface area contributed by atoms with E-state index in [1.54, 1.807) is 12.2 Å². The van der Waals surface area contributed by atoms with Crippen LogP contribution < -0.4 is 0 Å². The number of carbonyl (C=O) groups is 2. The Morgan fingerprint density at radius 1 is 1.26 bits per heavy atom. The molecule has 0 amide bonds. The number of aliphatic hydroxyl groups excluding tert-OH is 1. The number of carbonyl (C=O) groups excluding carboxylic acids is 2. The van der Waals surface area contributed by atoms with E-state index >= 15 is 0 Å². The minimum Gasteiger partial charge on any atom is -0.392 e. The van der Waals surface area contributed by atoms with Crippen molar-refractivity contribution in [3.05, 3.63) is 23.8 Å². The molecule has 3 saturated carbocycles. The Balaban J connectivity index is 1.77. The van der Waals surface area contributed by atoms with Gasteiger partial charge >= 0.3 is 0 Å². The van der Waals surface area contributed by atoms with Crippen LogP contribution in [-0.4, -0.2) is 22.8 Å². The number of hydrogen-bond acceptors (Lipinski definition) is 3. The van der Waals surface area contributed by atoms with Crippen molar-refractivity contribution in [2.75, 3.05) is 0 Å². The lowest BCUT2D eigenvalue weighted by Gasteiger charge is -2.55. The van der Waals surface area contributed by atoms with E-state index in [0.29, 0.717) is 18.3 Å². The van der Waals surface area contributed by atoms with E-state index in [4.69, 9.17) is 0 Å². The van der Waals surface area contributed by atoms with Gasteiger partial charge < -0.3 is 5.11 Å². The zero-order chi connectivity index (χ0) is 16.6. The maximum Gasteiger partial charge on any atom is 0.178 e. The molecule has 0 aromatic heterocycles. The Kier molecular flexibility index (Phi) is 3.10. The SMILES string of the molecule is C[C@H]1C[C@H]2[C@@H]3CCC4=CC(=O)C=C[C@]4(C)[C@H]3C(=O)C[C@]2(C)[C@H]1O. The van der Waals surface area contributed by atoms with Gasteiger partial charge in [-0.2, -0.15) is 0 Å². The molecule has 0 aromatic carbocycles. The molecule has 0 radical (unpaired) electrons. The molecular formula is C20H26O3. The van der Waals surface area contributed by atoms with Gasteiger partial charge in [-0.25, -0.2) is 0 Å². The first kappa shape index (κ1) is 15.3. The van der Waals surface area contributed by atoms with Crippen molar-refractivity contribution in [3.63, 3.8) is 0 Å². The highest BCUT2D eigenvalue weighted by Crippen LogP contribution is 2.64. The van der Waals surface area contributed by atoms with Gasteiger partial charge in [-0.3, -0.25) is 9.59 Å². The zero-order valence-electron chi connectivity index (χ0n) is 14.2. The van der Waals surface area contributed by atoms with Gasteiger partial charge in [-0.15, -0.1) is 0 Å². The topological polar surface area (TPSA) is 54.4 Å². The summed E-state index contributed by atoms with van der Waals surface area (Å²) in [4.78, 5) is 24.9. The third-order valence-electron chi connectivity index (χ3n) is 7.53. The summed E-state index contributed by atoms with van der Waals surface area (Å²) in [6.07, 6.45) is 8.38. The summed E-state index contributed by atoms with van der Waals surface area (Å²) in [7, 11) is 0. The Hall–Kier alpha value is -1.22. The van der Waals surface area contributed by atoms with Gasteiger partial charge in [0.1, 0.15) is 5.78 Å². The van der Waals surface area contributed by atoms with Crippen LogP contribution in [0, 0.1) is 34.5 Å². The molecule has 3 nitrogen and oxygen atoms in total. The maximum atomic E-state index is 13.1. The van der Waals surface area contributed by atoms with E-state index in [1.807, 2.05) is 6.08 Å². The van der Waals surface area contributed by atoms with E-state index in [2.05, 4.69) is 20.8 Å². The molecule has 0 spiro atoms. The maximum absolute atomic E-state index is 13.1. The molecule has 1 N–H and O–H groups in total. The summed E-state index contributed by atoms with van der Waals surface area (Å²) in [6.45, 7) is 6.37. The Bertz CT molecular complexity index is 645. The molecule has 0 aromatic rings. The largest absolute Gasteiger partial charge is 0.392 e. The minimum absolute atomic E-state index is 0.0255. The standard InChI is InChI=1S/C20H26O3/c1-11-8-15-14-5-4-12-9-13(21)6-7-19(12,2)17(14)16(22)10-20(15,3)18(11)23/h6-7,9,11,14-15,17-18,23H,4-5,8,10H2,1-3H3/t11-,14-,15-,17+,18-,19-,20-/m0/s1. The molecule has 0 unspecified atom stereocenters. The van der Waals surface area contributed by atoms with Crippen molar-refractivity contribution < 1.29 is 14.7 Å². The van der Waals surface area contributed by atoms with Crippen LogP contribution in [0.2, 0.25) is 0 Å². The van der Waals surface area contributed by atoms with Crippen molar-refractivity contribution in [3.8, 4) is 0 Å². The van der Waals surface area contributed by atoms with Gasteiger partial charge in [-0.05, 0) is 49.2 Å². The molecule has 124 valence electrons. The van der Waals surface area contributed by atoms with E-state index in [1.165, 1.54) is 0 Å². The van der Waals surface area contributed by atoms with Gasteiger partial charge in [0.2, 0.25) is 0 Å². The predicted molar refractivity (Wildman–Crippen MR) is 87.6 cm³/mol. The first-order valence-electron chi connectivity index (χ1n) is 8.92. The average molecular weight is 314 g/mol. The lowest BCUT2D eigenvalue weighted by molar-refractivity contribution is -0.145. The fourth-order valence-electron chi connectivity index (χ4n) is 6.38. The second-order valence-electron chi connectivity index (χ2n) is 8.78. The molecular weight excluding hydrogens is 288 g/mol. The molecule has 4 aliphatic carbocycles. The van der Waals surface area contributed by atoms with Crippen molar-refractivity contribution in [2.45, 2.75) is 52.6 Å². The number of hydrogen-bond donors (Lipinski definition) is 1. The summed E-state index contributed by atoms with van der Waals surface area (Å²) >= 11 is 0. The van der Waals surface area contributed by atoms with Crippen LogP contribution in [0.4, 0.5) is 0 Å². The van der Waals surface area contributed by atoms with Crippen molar-refractivity contribution in [1.29, 1.82) is 0 Å². The van der Waals surface area contributed by atoms with Gasteiger partial charge in [0, 0.05) is 23.2 Å². The van der Waals surface area contributed by atoms with Gasteiger partial charge in [0.25, 0.3) is 0 Å². The highest BCUT2D eigenvalue weighted by molar-refractivity contribution is 6.01. The van der Waals surface area contributed by atoms with Gasteiger partial charge in [0.05, 0.1) is 6.10 Å². The van der Waals surface area contributed by atoms with Crippen molar-refractivity contribution in [2.24, 2.45) is 34.5 Å². The second-order valence-corrected chi connectivity index (χ2v) is 8.78. The zero-order valence-corrected chi connectivity index (χ0v) is 14.2. The molecule has 3 heteroatoms. The van der Waals surface area contributed by atoms with Gasteiger partial charge in [0.15, 0.2) is 5.78 Å². The first-order chi connectivity index (χ1) is 10.8. The van der Waals surface area contributed by atoms with Gasteiger partial charge in [-0.1, -0.05) is 32.4 Å². The molecule has 0 aliphatic heterocycles. The molecule has 0 bridgehead atoms.